The minimum absolute atomic E-state index is 0.488. The van der Waals surface area contributed by atoms with Gasteiger partial charge in [-0.05, 0) is 25.8 Å². The van der Waals surface area contributed by atoms with E-state index in [0.717, 1.165) is 18.1 Å². The molecular formula is C13H23N3. The first-order valence-corrected chi connectivity index (χ1v) is 6.13. The van der Waals surface area contributed by atoms with E-state index in [9.17, 15) is 0 Å². The van der Waals surface area contributed by atoms with Crippen LogP contribution in [0.25, 0.3) is 0 Å². The Hall–Kier alpha value is -1.25. The summed E-state index contributed by atoms with van der Waals surface area (Å²) in [4.78, 5) is 4.25. The maximum absolute atomic E-state index is 4.25. The van der Waals surface area contributed by atoms with E-state index in [4.69, 9.17) is 0 Å². The fraction of sp³-hybridized carbons (Fsp3) is 0.615. The lowest BCUT2D eigenvalue weighted by Crippen LogP contribution is -2.23. The third-order valence-electron chi connectivity index (χ3n) is 3.01. The number of nitrogens with zero attached hydrogens (tertiary/aromatic N) is 1. The minimum Gasteiger partial charge on any atom is -0.382 e. The number of anilines is 2. The highest BCUT2D eigenvalue weighted by Gasteiger charge is 2.09. The Balaban J connectivity index is 2.62. The minimum atomic E-state index is 0.488. The number of hydrogen-bond donors (Lipinski definition) is 2. The monoisotopic (exact) mass is 221 g/mol. The van der Waals surface area contributed by atoms with Crippen LogP contribution in [-0.2, 0) is 0 Å². The van der Waals surface area contributed by atoms with Crippen LogP contribution in [0, 0.1) is 5.92 Å². The molecule has 0 fully saturated rings. The SMILES string of the molecule is CCNc1cc(NC(C)C(C)CC)ccn1. The fourth-order valence-corrected chi connectivity index (χ4v) is 1.56. The Morgan fingerprint density at radius 1 is 1.31 bits per heavy atom. The lowest BCUT2D eigenvalue weighted by Gasteiger charge is -2.21. The van der Waals surface area contributed by atoms with Crippen molar-refractivity contribution >= 4 is 11.5 Å². The molecule has 0 radical (unpaired) electrons. The average molecular weight is 221 g/mol. The second-order valence-corrected chi connectivity index (χ2v) is 4.28. The summed E-state index contributed by atoms with van der Waals surface area (Å²) in [5.74, 6) is 1.61. The Morgan fingerprint density at radius 2 is 2.06 bits per heavy atom. The van der Waals surface area contributed by atoms with Crippen molar-refractivity contribution in [2.45, 2.75) is 40.2 Å². The van der Waals surface area contributed by atoms with Crippen LogP contribution in [0.15, 0.2) is 18.3 Å². The second kappa shape index (κ2) is 6.36. The van der Waals surface area contributed by atoms with E-state index in [-0.39, 0.29) is 0 Å². The quantitative estimate of drug-likeness (QED) is 0.773. The molecule has 90 valence electrons. The summed E-state index contributed by atoms with van der Waals surface area (Å²) >= 11 is 0. The highest BCUT2D eigenvalue weighted by atomic mass is 15.0. The van der Waals surface area contributed by atoms with Gasteiger partial charge in [0.2, 0.25) is 0 Å². The maximum atomic E-state index is 4.25. The van der Waals surface area contributed by atoms with E-state index in [1.54, 1.807) is 0 Å². The summed E-state index contributed by atoms with van der Waals surface area (Å²) in [6, 6.07) is 4.56. The standard InChI is InChI=1S/C13H23N3/c1-5-10(3)11(4)16-12-7-8-15-13(9-12)14-6-2/h7-11H,5-6H2,1-4H3,(H2,14,15,16). The van der Waals surface area contributed by atoms with Gasteiger partial charge in [0.1, 0.15) is 5.82 Å². The lowest BCUT2D eigenvalue weighted by molar-refractivity contribution is 0.494. The van der Waals surface area contributed by atoms with Gasteiger partial charge in [0.05, 0.1) is 0 Å². The molecule has 1 rings (SSSR count). The first kappa shape index (κ1) is 12.8. The molecule has 0 aliphatic carbocycles. The van der Waals surface area contributed by atoms with E-state index in [2.05, 4.69) is 49.4 Å². The predicted octanol–water partition coefficient (Wildman–Crippen LogP) is 3.36. The Bertz CT molecular complexity index is 312. The molecule has 2 atom stereocenters. The lowest BCUT2D eigenvalue weighted by atomic mass is 10.0. The van der Waals surface area contributed by atoms with E-state index in [0.29, 0.717) is 12.0 Å². The molecular weight excluding hydrogens is 198 g/mol. The number of hydrogen-bond acceptors (Lipinski definition) is 3. The molecule has 0 aliphatic rings. The van der Waals surface area contributed by atoms with Gasteiger partial charge in [0, 0.05) is 30.5 Å². The van der Waals surface area contributed by atoms with E-state index < -0.39 is 0 Å². The molecule has 0 aromatic carbocycles. The van der Waals surface area contributed by atoms with Gasteiger partial charge >= 0.3 is 0 Å². The zero-order valence-electron chi connectivity index (χ0n) is 10.7. The molecule has 2 unspecified atom stereocenters. The third-order valence-corrected chi connectivity index (χ3v) is 3.01. The van der Waals surface area contributed by atoms with Crippen molar-refractivity contribution in [3.63, 3.8) is 0 Å². The molecule has 0 bridgehead atoms. The largest absolute Gasteiger partial charge is 0.382 e. The van der Waals surface area contributed by atoms with E-state index in [1.165, 1.54) is 6.42 Å². The highest BCUT2D eigenvalue weighted by Crippen LogP contribution is 2.16. The van der Waals surface area contributed by atoms with Crippen LogP contribution in [0.2, 0.25) is 0 Å². The van der Waals surface area contributed by atoms with Gasteiger partial charge in [0.25, 0.3) is 0 Å². The van der Waals surface area contributed by atoms with Gasteiger partial charge in [-0.25, -0.2) is 4.98 Å². The number of rotatable bonds is 6. The number of pyridine rings is 1. The predicted molar refractivity (Wildman–Crippen MR) is 70.9 cm³/mol. The summed E-state index contributed by atoms with van der Waals surface area (Å²) in [5, 5.41) is 6.72. The average Bonchev–Trinajstić information content (AvgIpc) is 2.29. The molecule has 3 heteroatoms. The smallest absolute Gasteiger partial charge is 0.127 e. The van der Waals surface area contributed by atoms with Crippen molar-refractivity contribution in [1.82, 2.24) is 4.98 Å². The summed E-state index contributed by atoms with van der Waals surface area (Å²) in [6.07, 6.45) is 3.03. The molecule has 1 heterocycles. The van der Waals surface area contributed by atoms with Crippen molar-refractivity contribution in [3.8, 4) is 0 Å². The number of aromatic nitrogens is 1. The Morgan fingerprint density at radius 3 is 2.69 bits per heavy atom. The highest BCUT2D eigenvalue weighted by molar-refractivity contribution is 5.52. The summed E-state index contributed by atoms with van der Waals surface area (Å²) in [5.41, 5.74) is 1.14. The van der Waals surface area contributed by atoms with Crippen LogP contribution in [-0.4, -0.2) is 17.6 Å². The molecule has 1 aromatic heterocycles. The van der Waals surface area contributed by atoms with Crippen LogP contribution in [0.5, 0.6) is 0 Å². The van der Waals surface area contributed by atoms with Crippen molar-refractivity contribution < 1.29 is 0 Å². The van der Waals surface area contributed by atoms with Crippen LogP contribution in [0.4, 0.5) is 11.5 Å². The molecule has 0 saturated heterocycles. The number of nitrogens with one attached hydrogen (secondary N) is 2. The molecule has 2 N–H and O–H groups in total. The zero-order chi connectivity index (χ0) is 12.0. The second-order valence-electron chi connectivity index (χ2n) is 4.28. The molecule has 0 aliphatic heterocycles. The van der Waals surface area contributed by atoms with Gasteiger partial charge in [0.15, 0.2) is 0 Å². The van der Waals surface area contributed by atoms with Gasteiger partial charge in [-0.3, -0.25) is 0 Å². The first-order chi connectivity index (χ1) is 7.67. The topological polar surface area (TPSA) is 37.0 Å². The van der Waals surface area contributed by atoms with Crippen molar-refractivity contribution in [3.05, 3.63) is 18.3 Å². The summed E-state index contributed by atoms with van der Waals surface area (Å²) < 4.78 is 0. The Kier molecular flexibility index (Phi) is 5.09. The van der Waals surface area contributed by atoms with Gasteiger partial charge in [-0.15, -0.1) is 0 Å². The van der Waals surface area contributed by atoms with Gasteiger partial charge in [-0.2, -0.15) is 0 Å². The zero-order valence-corrected chi connectivity index (χ0v) is 10.7. The molecule has 1 aromatic rings. The molecule has 0 spiro atoms. The molecule has 0 amide bonds. The molecule has 3 nitrogen and oxygen atoms in total. The van der Waals surface area contributed by atoms with Gasteiger partial charge < -0.3 is 10.6 Å². The van der Waals surface area contributed by atoms with E-state index >= 15 is 0 Å². The fourth-order valence-electron chi connectivity index (χ4n) is 1.56. The van der Waals surface area contributed by atoms with Crippen LogP contribution in [0.1, 0.15) is 34.1 Å². The Labute approximate surface area is 98.7 Å². The maximum Gasteiger partial charge on any atom is 0.127 e. The van der Waals surface area contributed by atoms with Crippen molar-refractivity contribution in [1.29, 1.82) is 0 Å². The van der Waals surface area contributed by atoms with Gasteiger partial charge in [-0.1, -0.05) is 20.3 Å². The first-order valence-electron chi connectivity index (χ1n) is 6.13. The summed E-state index contributed by atoms with van der Waals surface area (Å²) in [6.45, 7) is 9.69. The van der Waals surface area contributed by atoms with Crippen LogP contribution < -0.4 is 10.6 Å². The van der Waals surface area contributed by atoms with Crippen LogP contribution >= 0.6 is 0 Å². The van der Waals surface area contributed by atoms with Crippen molar-refractivity contribution in [2.75, 3.05) is 17.2 Å². The molecule has 16 heavy (non-hydrogen) atoms. The third kappa shape index (κ3) is 3.72. The van der Waals surface area contributed by atoms with E-state index in [1.807, 2.05) is 12.3 Å². The summed E-state index contributed by atoms with van der Waals surface area (Å²) in [7, 11) is 0. The molecule has 0 saturated carbocycles. The van der Waals surface area contributed by atoms with Crippen molar-refractivity contribution in [2.24, 2.45) is 5.92 Å². The normalized spacial score (nSPS) is 14.2. The van der Waals surface area contributed by atoms with Crippen LogP contribution in [0.3, 0.4) is 0 Å².